The van der Waals surface area contributed by atoms with Crippen LogP contribution in [0.3, 0.4) is 0 Å². The van der Waals surface area contributed by atoms with Crippen LogP contribution in [0, 0.1) is 0 Å². The highest BCUT2D eigenvalue weighted by Crippen LogP contribution is 2.18. The Balaban J connectivity index is 2.27. The molecule has 1 aliphatic rings. The largest absolute Gasteiger partial charge is 0.299 e. The molecule has 1 saturated heterocycles. The molecule has 0 aliphatic carbocycles. The summed E-state index contributed by atoms with van der Waals surface area (Å²) in [5.74, 6) is 0.788. The Morgan fingerprint density at radius 1 is 1.60 bits per heavy atom. The predicted octanol–water partition coefficient (Wildman–Crippen LogP) is 2.10. The van der Waals surface area contributed by atoms with Gasteiger partial charge in [-0.2, -0.15) is 0 Å². The van der Waals surface area contributed by atoms with Gasteiger partial charge in [0.1, 0.15) is 0 Å². The summed E-state index contributed by atoms with van der Waals surface area (Å²) in [5, 5.41) is 0. The van der Waals surface area contributed by atoms with Crippen molar-refractivity contribution in [3.63, 3.8) is 0 Å². The van der Waals surface area contributed by atoms with Gasteiger partial charge in [-0.1, -0.05) is 6.92 Å². The van der Waals surface area contributed by atoms with Crippen LogP contribution in [0.25, 0.3) is 0 Å². The molecule has 0 amide bonds. The van der Waals surface area contributed by atoms with Crippen LogP contribution in [-0.2, 0) is 0 Å². The lowest BCUT2D eigenvalue weighted by molar-refractivity contribution is 0.263. The van der Waals surface area contributed by atoms with E-state index in [0.717, 1.165) is 18.5 Å². The third-order valence-electron chi connectivity index (χ3n) is 2.34. The number of hydrogen-bond acceptors (Lipinski definition) is 1. The first-order valence-corrected chi connectivity index (χ1v) is 4.72. The van der Waals surface area contributed by atoms with Gasteiger partial charge in [-0.15, -0.1) is 11.6 Å². The molecular formula is C8H16ClN. The fourth-order valence-electron chi connectivity index (χ4n) is 1.76. The monoisotopic (exact) mass is 161 g/mol. The highest BCUT2D eigenvalue weighted by molar-refractivity contribution is 6.18. The van der Waals surface area contributed by atoms with E-state index in [1.807, 2.05) is 0 Å². The summed E-state index contributed by atoms with van der Waals surface area (Å²) in [5.41, 5.74) is 0. The van der Waals surface area contributed by atoms with Gasteiger partial charge in [0, 0.05) is 18.5 Å². The normalized spacial score (nSPS) is 27.6. The predicted molar refractivity (Wildman–Crippen MR) is 45.6 cm³/mol. The Bertz CT molecular complexity index is 95.3. The number of nitrogens with zero attached hydrogens (tertiary/aromatic N) is 1. The second-order valence-corrected chi connectivity index (χ2v) is 3.31. The molecule has 1 nitrogen and oxygen atoms in total. The van der Waals surface area contributed by atoms with Gasteiger partial charge in [-0.05, 0) is 25.8 Å². The molecule has 0 N–H and O–H groups in total. The van der Waals surface area contributed by atoms with E-state index in [1.54, 1.807) is 0 Å². The molecule has 2 heteroatoms. The van der Waals surface area contributed by atoms with Crippen molar-refractivity contribution in [2.24, 2.45) is 0 Å². The van der Waals surface area contributed by atoms with E-state index >= 15 is 0 Å². The zero-order valence-electron chi connectivity index (χ0n) is 6.65. The Hall–Kier alpha value is 0.250. The molecule has 1 atom stereocenters. The Morgan fingerprint density at radius 3 is 3.00 bits per heavy atom. The molecule has 0 aromatic carbocycles. The zero-order chi connectivity index (χ0) is 7.40. The van der Waals surface area contributed by atoms with Gasteiger partial charge in [-0.3, -0.25) is 4.90 Å². The van der Waals surface area contributed by atoms with Gasteiger partial charge >= 0.3 is 0 Å². The number of halogens is 1. The Labute approximate surface area is 68.4 Å². The average molecular weight is 162 g/mol. The number of hydrogen-bond donors (Lipinski definition) is 0. The summed E-state index contributed by atoms with van der Waals surface area (Å²) in [6, 6.07) is 0.832. The maximum absolute atomic E-state index is 5.66. The molecular weight excluding hydrogens is 146 g/mol. The van der Waals surface area contributed by atoms with E-state index < -0.39 is 0 Å². The van der Waals surface area contributed by atoms with E-state index in [0.29, 0.717) is 0 Å². The van der Waals surface area contributed by atoms with E-state index in [9.17, 15) is 0 Å². The first-order chi connectivity index (χ1) is 4.88. The smallest absolute Gasteiger partial charge is 0.0351 e. The molecule has 0 aromatic heterocycles. The van der Waals surface area contributed by atoms with Crippen LogP contribution in [0.2, 0.25) is 0 Å². The molecule has 0 spiro atoms. The van der Waals surface area contributed by atoms with Crippen LogP contribution in [0.5, 0.6) is 0 Å². The molecule has 1 fully saturated rings. The summed E-state index contributed by atoms with van der Waals surface area (Å²) in [7, 11) is 0. The van der Waals surface area contributed by atoms with Crippen molar-refractivity contribution in [1.29, 1.82) is 0 Å². The number of rotatable bonds is 3. The van der Waals surface area contributed by atoms with Gasteiger partial charge in [0.2, 0.25) is 0 Å². The van der Waals surface area contributed by atoms with Gasteiger partial charge in [0.05, 0.1) is 0 Å². The van der Waals surface area contributed by atoms with Crippen molar-refractivity contribution >= 4 is 11.6 Å². The summed E-state index contributed by atoms with van der Waals surface area (Å²) < 4.78 is 0. The molecule has 60 valence electrons. The lowest BCUT2D eigenvalue weighted by Gasteiger charge is -2.21. The van der Waals surface area contributed by atoms with Crippen LogP contribution in [0.15, 0.2) is 0 Å². The lowest BCUT2D eigenvalue weighted by Crippen LogP contribution is -2.30. The van der Waals surface area contributed by atoms with Gasteiger partial charge in [0.25, 0.3) is 0 Å². The van der Waals surface area contributed by atoms with Crippen LogP contribution in [0.1, 0.15) is 26.2 Å². The maximum Gasteiger partial charge on any atom is 0.0351 e. The SMILES string of the molecule is CCC1CCCN1CCCl. The lowest BCUT2D eigenvalue weighted by atomic mass is 10.2. The molecule has 1 unspecified atom stereocenters. The van der Waals surface area contributed by atoms with E-state index in [4.69, 9.17) is 11.6 Å². The Morgan fingerprint density at radius 2 is 2.40 bits per heavy atom. The minimum absolute atomic E-state index is 0.788. The molecule has 1 heterocycles. The van der Waals surface area contributed by atoms with Gasteiger partial charge < -0.3 is 0 Å². The molecule has 1 rings (SSSR count). The first kappa shape index (κ1) is 8.35. The third-order valence-corrected chi connectivity index (χ3v) is 2.51. The zero-order valence-corrected chi connectivity index (χ0v) is 7.40. The summed E-state index contributed by atoms with van der Waals surface area (Å²) in [6.45, 7) is 4.61. The minimum Gasteiger partial charge on any atom is -0.299 e. The number of likely N-dealkylation sites (tertiary alicyclic amines) is 1. The van der Waals surface area contributed by atoms with Crippen LogP contribution in [0.4, 0.5) is 0 Å². The van der Waals surface area contributed by atoms with Crippen molar-refractivity contribution in [2.75, 3.05) is 19.0 Å². The van der Waals surface area contributed by atoms with Crippen LogP contribution in [-0.4, -0.2) is 29.9 Å². The van der Waals surface area contributed by atoms with Gasteiger partial charge in [0.15, 0.2) is 0 Å². The highest BCUT2D eigenvalue weighted by Gasteiger charge is 2.21. The van der Waals surface area contributed by atoms with E-state index in [-0.39, 0.29) is 0 Å². The first-order valence-electron chi connectivity index (χ1n) is 4.18. The summed E-state index contributed by atoms with van der Waals surface area (Å²) >= 11 is 5.66. The molecule has 1 aliphatic heterocycles. The number of alkyl halides is 1. The third kappa shape index (κ3) is 1.86. The molecule has 0 radical (unpaired) electrons. The van der Waals surface area contributed by atoms with Crippen molar-refractivity contribution in [2.45, 2.75) is 32.2 Å². The van der Waals surface area contributed by atoms with Crippen LogP contribution < -0.4 is 0 Å². The quantitative estimate of drug-likeness (QED) is 0.574. The second kappa shape index (κ2) is 4.20. The van der Waals surface area contributed by atoms with Crippen molar-refractivity contribution in [1.82, 2.24) is 4.90 Å². The summed E-state index contributed by atoms with van der Waals surface area (Å²) in [4.78, 5) is 2.51. The topological polar surface area (TPSA) is 3.24 Å². The van der Waals surface area contributed by atoms with Crippen molar-refractivity contribution in [3.8, 4) is 0 Å². The molecule has 10 heavy (non-hydrogen) atoms. The fraction of sp³-hybridized carbons (Fsp3) is 1.00. The Kier molecular flexibility index (Phi) is 3.50. The molecule has 0 aromatic rings. The highest BCUT2D eigenvalue weighted by atomic mass is 35.5. The molecule has 0 saturated carbocycles. The van der Waals surface area contributed by atoms with E-state index in [1.165, 1.54) is 25.8 Å². The van der Waals surface area contributed by atoms with Crippen LogP contribution >= 0.6 is 11.6 Å². The standard InChI is InChI=1S/C8H16ClN/c1-2-8-4-3-6-10(8)7-5-9/h8H,2-7H2,1H3. The molecule has 0 bridgehead atoms. The fourth-order valence-corrected chi connectivity index (χ4v) is 1.98. The maximum atomic E-state index is 5.66. The van der Waals surface area contributed by atoms with Crippen molar-refractivity contribution in [3.05, 3.63) is 0 Å². The van der Waals surface area contributed by atoms with Crippen molar-refractivity contribution < 1.29 is 0 Å². The summed E-state index contributed by atoms with van der Waals surface area (Å²) in [6.07, 6.45) is 4.04. The second-order valence-electron chi connectivity index (χ2n) is 2.93. The van der Waals surface area contributed by atoms with E-state index in [2.05, 4.69) is 11.8 Å². The van der Waals surface area contributed by atoms with Gasteiger partial charge in [-0.25, -0.2) is 0 Å². The minimum atomic E-state index is 0.788. The average Bonchev–Trinajstić information content (AvgIpc) is 2.36.